The molecule has 1 aliphatic carbocycles. The lowest BCUT2D eigenvalue weighted by Gasteiger charge is -2.52. The number of benzene rings is 1. The zero-order chi connectivity index (χ0) is 15.6. The minimum Gasteiger partial charge on any atom is -0.378 e. The van der Waals surface area contributed by atoms with Crippen LogP contribution in [0.2, 0.25) is 5.02 Å². The van der Waals surface area contributed by atoms with Crippen LogP contribution in [0.5, 0.6) is 0 Å². The van der Waals surface area contributed by atoms with Crippen molar-refractivity contribution in [1.82, 2.24) is 5.32 Å². The van der Waals surface area contributed by atoms with Gasteiger partial charge in [0.2, 0.25) is 0 Å². The Morgan fingerprint density at radius 1 is 1.52 bits per heavy atom. The maximum Gasteiger partial charge on any atom is 0.275 e. The van der Waals surface area contributed by atoms with E-state index < -0.39 is 4.92 Å². The molecule has 1 N–H and O–H groups in total. The van der Waals surface area contributed by atoms with Crippen LogP contribution < -0.4 is 5.32 Å². The molecule has 116 valence electrons. The second-order valence-electron chi connectivity index (χ2n) is 5.93. The molecule has 0 aliphatic heterocycles. The third kappa shape index (κ3) is 3.20. The molecule has 1 fully saturated rings. The average Bonchev–Trinajstić information content (AvgIpc) is 2.42. The molecule has 0 bridgehead atoms. The summed E-state index contributed by atoms with van der Waals surface area (Å²) in [7, 11) is 0. The number of nitrogens with zero attached hydrogens (tertiary/aromatic N) is 1. The van der Waals surface area contributed by atoms with E-state index >= 15 is 0 Å². The van der Waals surface area contributed by atoms with Crippen LogP contribution in [0.15, 0.2) is 18.2 Å². The Kier molecular flexibility index (Phi) is 4.86. The van der Waals surface area contributed by atoms with E-state index in [1.165, 1.54) is 6.07 Å². The van der Waals surface area contributed by atoms with Gasteiger partial charge >= 0.3 is 0 Å². The van der Waals surface area contributed by atoms with Crippen molar-refractivity contribution in [3.05, 3.63) is 38.9 Å². The Morgan fingerprint density at radius 2 is 2.24 bits per heavy atom. The highest BCUT2D eigenvalue weighted by atomic mass is 35.5. The summed E-state index contributed by atoms with van der Waals surface area (Å²) in [5.41, 5.74) is 0.625. The van der Waals surface area contributed by atoms with Crippen molar-refractivity contribution in [2.75, 3.05) is 6.61 Å². The van der Waals surface area contributed by atoms with Gasteiger partial charge in [0.25, 0.3) is 5.69 Å². The first-order chi connectivity index (χ1) is 9.87. The van der Waals surface area contributed by atoms with Gasteiger partial charge < -0.3 is 10.1 Å². The SMILES string of the molecule is CCOC1CC(NCc2c(Cl)cccc2[N+](=O)[O-])C1(C)C. The van der Waals surface area contributed by atoms with Crippen molar-refractivity contribution in [2.24, 2.45) is 5.41 Å². The fraction of sp³-hybridized carbons (Fsp3) is 0.600. The highest BCUT2D eigenvalue weighted by Crippen LogP contribution is 2.43. The first-order valence-corrected chi connectivity index (χ1v) is 7.52. The van der Waals surface area contributed by atoms with Gasteiger partial charge in [-0.1, -0.05) is 31.5 Å². The highest BCUT2D eigenvalue weighted by Gasteiger charge is 2.48. The summed E-state index contributed by atoms with van der Waals surface area (Å²) >= 11 is 6.10. The van der Waals surface area contributed by atoms with Crippen LogP contribution in [0.1, 0.15) is 32.8 Å². The van der Waals surface area contributed by atoms with E-state index in [0.717, 1.165) is 6.42 Å². The Labute approximate surface area is 129 Å². The molecule has 1 aromatic rings. The number of nitrogens with one attached hydrogen (secondary N) is 1. The van der Waals surface area contributed by atoms with Crippen molar-refractivity contribution in [1.29, 1.82) is 0 Å². The van der Waals surface area contributed by atoms with Gasteiger partial charge in [-0.15, -0.1) is 0 Å². The molecule has 1 aromatic carbocycles. The molecule has 2 unspecified atom stereocenters. The van der Waals surface area contributed by atoms with E-state index in [1.54, 1.807) is 12.1 Å². The lowest BCUT2D eigenvalue weighted by atomic mass is 9.64. The van der Waals surface area contributed by atoms with Crippen molar-refractivity contribution < 1.29 is 9.66 Å². The third-order valence-electron chi connectivity index (χ3n) is 4.36. The van der Waals surface area contributed by atoms with E-state index in [2.05, 4.69) is 19.2 Å². The molecule has 2 atom stereocenters. The van der Waals surface area contributed by atoms with E-state index in [-0.39, 0.29) is 23.2 Å². The van der Waals surface area contributed by atoms with Gasteiger partial charge in [-0.05, 0) is 19.4 Å². The first-order valence-electron chi connectivity index (χ1n) is 7.14. The third-order valence-corrected chi connectivity index (χ3v) is 4.72. The Bertz CT molecular complexity index is 534. The van der Waals surface area contributed by atoms with Crippen LogP contribution in [-0.4, -0.2) is 23.7 Å². The average molecular weight is 313 g/mol. The van der Waals surface area contributed by atoms with Gasteiger partial charge in [0.1, 0.15) is 0 Å². The number of rotatable bonds is 6. The highest BCUT2D eigenvalue weighted by molar-refractivity contribution is 6.31. The number of nitro groups is 1. The normalized spacial score (nSPS) is 23.6. The molecule has 0 amide bonds. The number of halogens is 1. The quantitative estimate of drug-likeness (QED) is 0.644. The Hall–Kier alpha value is -1.17. The van der Waals surface area contributed by atoms with Crippen LogP contribution in [-0.2, 0) is 11.3 Å². The molecule has 6 heteroatoms. The lowest BCUT2D eigenvalue weighted by molar-refractivity contribution is -0.385. The molecule has 0 aromatic heterocycles. The van der Waals surface area contributed by atoms with Gasteiger partial charge in [0.15, 0.2) is 0 Å². The number of nitro benzene ring substituents is 1. The molecule has 21 heavy (non-hydrogen) atoms. The lowest BCUT2D eigenvalue weighted by Crippen LogP contribution is -2.60. The molecule has 0 saturated heterocycles. The van der Waals surface area contributed by atoms with Gasteiger partial charge in [-0.2, -0.15) is 0 Å². The first kappa shape index (κ1) is 16.2. The second-order valence-corrected chi connectivity index (χ2v) is 6.34. The fourth-order valence-electron chi connectivity index (χ4n) is 2.83. The number of hydrogen-bond acceptors (Lipinski definition) is 4. The Morgan fingerprint density at radius 3 is 2.81 bits per heavy atom. The van der Waals surface area contributed by atoms with Crippen LogP contribution in [0.4, 0.5) is 5.69 Å². The molecular weight excluding hydrogens is 292 g/mol. The molecule has 0 radical (unpaired) electrons. The zero-order valence-corrected chi connectivity index (χ0v) is 13.3. The molecule has 1 aliphatic rings. The van der Waals surface area contributed by atoms with Gasteiger partial charge in [-0.3, -0.25) is 10.1 Å². The Balaban J connectivity index is 2.04. The maximum absolute atomic E-state index is 11.1. The largest absolute Gasteiger partial charge is 0.378 e. The molecular formula is C15H21ClN2O3. The smallest absolute Gasteiger partial charge is 0.275 e. The van der Waals surface area contributed by atoms with E-state index in [4.69, 9.17) is 16.3 Å². The van der Waals surface area contributed by atoms with E-state index in [1.807, 2.05) is 6.92 Å². The van der Waals surface area contributed by atoms with Gasteiger partial charge in [-0.25, -0.2) is 0 Å². The predicted octanol–water partition coefficient (Wildman–Crippen LogP) is 3.54. The molecule has 1 saturated carbocycles. The van der Waals surface area contributed by atoms with Crippen LogP contribution in [0.3, 0.4) is 0 Å². The maximum atomic E-state index is 11.1. The summed E-state index contributed by atoms with van der Waals surface area (Å²) in [6.45, 7) is 7.38. The van der Waals surface area contributed by atoms with Crippen LogP contribution in [0, 0.1) is 15.5 Å². The van der Waals surface area contributed by atoms with E-state index in [0.29, 0.717) is 23.7 Å². The van der Waals surface area contributed by atoms with Crippen molar-refractivity contribution in [3.63, 3.8) is 0 Å². The predicted molar refractivity (Wildman–Crippen MR) is 82.5 cm³/mol. The summed E-state index contributed by atoms with van der Waals surface area (Å²) < 4.78 is 5.69. The monoisotopic (exact) mass is 312 g/mol. The minimum atomic E-state index is -0.391. The summed E-state index contributed by atoms with van der Waals surface area (Å²) in [6.07, 6.45) is 1.15. The van der Waals surface area contributed by atoms with Crippen LogP contribution >= 0.6 is 11.6 Å². The molecule has 0 heterocycles. The van der Waals surface area contributed by atoms with Gasteiger partial charge in [0.05, 0.1) is 21.6 Å². The second kappa shape index (κ2) is 6.30. The fourth-order valence-corrected chi connectivity index (χ4v) is 3.07. The standard InChI is InChI=1S/C15H21ClN2O3/c1-4-21-14-8-13(15(14,2)3)17-9-10-11(16)6-5-7-12(10)18(19)20/h5-7,13-14,17H,4,8-9H2,1-3H3. The number of ether oxygens (including phenoxy) is 1. The zero-order valence-electron chi connectivity index (χ0n) is 12.6. The summed E-state index contributed by atoms with van der Waals surface area (Å²) in [5, 5.41) is 14.9. The molecule has 2 rings (SSSR count). The summed E-state index contributed by atoms with van der Waals surface area (Å²) in [6, 6.07) is 5.03. The number of hydrogen-bond donors (Lipinski definition) is 1. The van der Waals surface area contributed by atoms with Crippen molar-refractivity contribution in [2.45, 2.75) is 45.9 Å². The van der Waals surface area contributed by atoms with Crippen LogP contribution in [0.25, 0.3) is 0 Å². The molecule has 5 nitrogen and oxygen atoms in total. The molecule has 0 spiro atoms. The van der Waals surface area contributed by atoms with Crippen molar-refractivity contribution in [3.8, 4) is 0 Å². The van der Waals surface area contributed by atoms with E-state index in [9.17, 15) is 10.1 Å². The van der Waals surface area contributed by atoms with Crippen molar-refractivity contribution >= 4 is 17.3 Å². The minimum absolute atomic E-state index is 0.0199. The topological polar surface area (TPSA) is 64.4 Å². The van der Waals surface area contributed by atoms with Gasteiger partial charge in [0, 0.05) is 30.7 Å². The summed E-state index contributed by atoms with van der Waals surface area (Å²) in [4.78, 5) is 10.7. The summed E-state index contributed by atoms with van der Waals surface area (Å²) in [5.74, 6) is 0.